The largest absolute Gasteiger partial charge is 0.466 e. The number of nitrogens with zero attached hydrogens (tertiary/aromatic N) is 1. The number of sulfonamides is 1. The lowest BCUT2D eigenvalue weighted by atomic mass is 10.0. The van der Waals surface area contributed by atoms with Crippen LogP contribution in [-0.4, -0.2) is 37.3 Å². The summed E-state index contributed by atoms with van der Waals surface area (Å²) >= 11 is 0. The molecule has 0 bridgehead atoms. The molecule has 0 aliphatic heterocycles. The van der Waals surface area contributed by atoms with Gasteiger partial charge in [-0.1, -0.05) is 36.4 Å². The van der Waals surface area contributed by atoms with Gasteiger partial charge in [0.15, 0.2) is 0 Å². The molecule has 3 aromatic carbocycles. The lowest BCUT2D eigenvalue weighted by molar-refractivity contribution is -0.134. The number of aromatic amines is 1. The zero-order valence-electron chi connectivity index (χ0n) is 20.6. The fraction of sp³-hybridized carbons (Fsp3) is 0.207. The van der Waals surface area contributed by atoms with Crippen molar-refractivity contribution in [2.24, 2.45) is 0 Å². The number of carbonyl (C=O) groups excluding carboxylic acids is 1. The van der Waals surface area contributed by atoms with Crippen LogP contribution in [0.1, 0.15) is 34.7 Å². The lowest BCUT2D eigenvalue weighted by Gasteiger charge is -2.29. The summed E-state index contributed by atoms with van der Waals surface area (Å²) < 4.78 is 34.2. The Morgan fingerprint density at radius 2 is 1.92 bits per heavy atom. The molecule has 0 amide bonds. The zero-order valence-corrected chi connectivity index (χ0v) is 21.4. The second kappa shape index (κ2) is 10.2. The van der Waals surface area contributed by atoms with E-state index in [-0.39, 0.29) is 10.9 Å². The fourth-order valence-corrected chi connectivity index (χ4v) is 6.67. The molecule has 4 aromatic rings. The van der Waals surface area contributed by atoms with Crippen molar-refractivity contribution in [3.63, 3.8) is 0 Å². The number of methoxy groups -OCH3 is 1. The van der Waals surface area contributed by atoms with Crippen molar-refractivity contribution in [1.82, 2.24) is 9.29 Å². The summed E-state index contributed by atoms with van der Waals surface area (Å²) in [4.78, 5) is 15.0. The highest BCUT2D eigenvalue weighted by Gasteiger charge is 2.36. The summed E-state index contributed by atoms with van der Waals surface area (Å²) in [5, 5.41) is 1.10. The van der Waals surface area contributed by atoms with Crippen LogP contribution in [0.4, 0.5) is 5.69 Å². The first kappa shape index (κ1) is 24.8. The van der Waals surface area contributed by atoms with Gasteiger partial charge in [0.25, 0.3) is 0 Å². The Kier molecular flexibility index (Phi) is 6.86. The van der Waals surface area contributed by atoms with Crippen LogP contribution in [0.25, 0.3) is 17.0 Å². The summed E-state index contributed by atoms with van der Waals surface area (Å²) in [6.07, 6.45) is 7.06. The van der Waals surface area contributed by atoms with E-state index in [1.54, 1.807) is 34.6 Å². The van der Waals surface area contributed by atoms with Gasteiger partial charge in [0.2, 0.25) is 10.0 Å². The number of anilines is 1. The molecule has 0 saturated heterocycles. The van der Waals surface area contributed by atoms with E-state index in [4.69, 9.17) is 5.73 Å². The zero-order chi connectivity index (χ0) is 26.0. The van der Waals surface area contributed by atoms with Crippen LogP contribution in [0.2, 0.25) is 0 Å². The number of benzene rings is 3. The van der Waals surface area contributed by atoms with Crippen LogP contribution in [0, 0.1) is 0 Å². The third-order valence-corrected chi connectivity index (χ3v) is 8.86. The predicted octanol–water partition coefficient (Wildman–Crippen LogP) is 4.86. The Morgan fingerprint density at radius 1 is 1.14 bits per heavy atom. The molecule has 1 aromatic heterocycles. The van der Waals surface area contributed by atoms with Crippen molar-refractivity contribution in [3.05, 3.63) is 101 Å². The lowest BCUT2D eigenvalue weighted by Crippen LogP contribution is -2.35. The minimum atomic E-state index is -3.79. The first-order chi connectivity index (χ1) is 17.9. The number of rotatable bonds is 8. The molecule has 1 heterocycles. The van der Waals surface area contributed by atoms with Crippen molar-refractivity contribution in [2.45, 2.75) is 30.2 Å². The number of esters is 1. The van der Waals surface area contributed by atoms with Crippen molar-refractivity contribution < 1.29 is 17.9 Å². The SMILES string of the molecule is COC(=O)/C=C/c1ccc2c(c1)CCC2N(CCc1c[nH]c2ccccc12)S(=O)(=O)c1ccc(N)cc1. The van der Waals surface area contributed by atoms with E-state index in [1.807, 2.05) is 48.7 Å². The molecule has 0 saturated carbocycles. The van der Waals surface area contributed by atoms with Gasteiger partial charge in [0, 0.05) is 35.4 Å². The van der Waals surface area contributed by atoms with Gasteiger partial charge >= 0.3 is 5.97 Å². The Bertz CT molecular complexity index is 1570. The summed E-state index contributed by atoms with van der Waals surface area (Å²) in [6.45, 7) is 0.336. The number of hydrogen-bond acceptors (Lipinski definition) is 5. The van der Waals surface area contributed by atoms with Crippen LogP contribution in [0.15, 0.2) is 83.9 Å². The Labute approximate surface area is 216 Å². The highest BCUT2D eigenvalue weighted by molar-refractivity contribution is 7.89. The van der Waals surface area contributed by atoms with Crippen LogP contribution in [0.5, 0.6) is 0 Å². The number of H-pyrrole nitrogens is 1. The smallest absolute Gasteiger partial charge is 0.330 e. The first-order valence-corrected chi connectivity index (χ1v) is 13.6. The normalized spacial score (nSPS) is 15.5. The van der Waals surface area contributed by atoms with E-state index in [2.05, 4.69) is 9.72 Å². The van der Waals surface area contributed by atoms with Crippen molar-refractivity contribution in [3.8, 4) is 0 Å². The fourth-order valence-electron chi connectivity index (χ4n) is 5.04. The van der Waals surface area contributed by atoms with Crippen molar-refractivity contribution >= 4 is 38.7 Å². The van der Waals surface area contributed by atoms with Gasteiger partial charge in [-0.3, -0.25) is 0 Å². The average molecular weight is 516 g/mol. The second-order valence-electron chi connectivity index (χ2n) is 9.16. The molecule has 0 spiro atoms. The average Bonchev–Trinajstić information content (AvgIpc) is 3.51. The Balaban J connectivity index is 1.49. The minimum Gasteiger partial charge on any atom is -0.466 e. The monoisotopic (exact) mass is 515 g/mol. The molecule has 1 aliphatic rings. The molecule has 5 rings (SSSR count). The van der Waals surface area contributed by atoms with Gasteiger partial charge in [-0.15, -0.1) is 0 Å². The molecule has 190 valence electrons. The van der Waals surface area contributed by atoms with E-state index >= 15 is 0 Å². The highest BCUT2D eigenvalue weighted by atomic mass is 32.2. The van der Waals surface area contributed by atoms with E-state index in [9.17, 15) is 13.2 Å². The number of ether oxygens (including phenoxy) is 1. The van der Waals surface area contributed by atoms with Crippen LogP contribution < -0.4 is 5.73 Å². The maximum absolute atomic E-state index is 14.0. The molecule has 8 heteroatoms. The van der Waals surface area contributed by atoms with Gasteiger partial charge in [-0.05, 0) is 77.9 Å². The maximum Gasteiger partial charge on any atom is 0.330 e. The first-order valence-electron chi connectivity index (χ1n) is 12.2. The molecule has 3 N–H and O–H groups in total. The predicted molar refractivity (Wildman–Crippen MR) is 145 cm³/mol. The summed E-state index contributed by atoms with van der Waals surface area (Å²) in [7, 11) is -2.45. The number of para-hydroxylation sites is 1. The van der Waals surface area contributed by atoms with Crippen molar-refractivity contribution in [2.75, 3.05) is 19.4 Å². The molecule has 1 aliphatic carbocycles. The van der Waals surface area contributed by atoms with Gasteiger partial charge in [-0.25, -0.2) is 13.2 Å². The molecular formula is C29H29N3O4S. The number of hydrogen-bond donors (Lipinski definition) is 2. The minimum absolute atomic E-state index is 0.228. The molecular weight excluding hydrogens is 486 g/mol. The Morgan fingerprint density at radius 3 is 2.70 bits per heavy atom. The molecule has 7 nitrogen and oxygen atoms in total. The van der Waals surface area contributed by atoms with Gasteiger partial charge in [0.05, 0.1) is 18.0 Å². The van der Waals surface area contributed by atoms with E-state index in [1.165, 1.54) is 13.2 Å². The molecule has 1 unspecified atom stereocenters. The summed E-state index contributed by atoms with van der Waals surface area (Å²) in [6, 6.07) is 20.0. The number of nitrogens with one attached hydrogen (secondary N) is 1. The maximum atomic E-state index is 14.0. The number of nitrogen functional groups attached to an aromatic ring is 1. The topological polar surface area (TPSA) is 105 Å². The van der Waals surface area contributed by atoms with Crippen LogP contribution in [-0.2, 0) is 32.4 Å². The standard InChI is InChI=1S/C29H29N3O4S/c1-36-29(33)15-7-20-6-13-26-21(18-20)8-14-28(26)32(37(34,35)24-11-9-23(30)10-12-24)17-16-22-19-31-27-5-3-2-4-25(22)27/h2-7,9-13,15,18-19,28,31H,8,14,16-17,30H2,1H3/b15-7+. The highest BCUT2D eigenvalue weighted by Crippen LogP contribution is 2.39. The number of fused-ring (bicyclic) bond motifs is 2. The molecule has 37 heavy (non-hydrogen) atoms. The number of nitrogens with two attached hydrogens (primary N) is 1. The van der Waals surface area contributed by atoms with E-state index < -0.39 is 16.0 Å². The molecule has 1 atom stereocenters. The van der Waals surface area contributed by atoms with Gasteiger partial charge in [0.1, 0.15) is 0 Å². The summed E-state index contributed by atoms with van der Waals surface area (Å²) in [5.74, 6) is -0.420. The summed E-state index contributed by atoms with van der Waals surface area (Å²) in [5.41, 5.74) is 11.4. The third kappa shape index (κ3) is 5.03. The second-order valence-corrected chi connectivity index (χ2v) is 11.1. The van der Waals surface area contributed by atoms with Crippen molar-refractivity contribution in [1.29, 1.82) is 0 Å². The van der Waals surface area contributed by atoms with E-state index in [0.717, 1.165) is 39.6 Å². The molecule has 0 radical (unpaired) electrons. The van der Waals surface area contributed by atoms with Gasteiger partial charge in [-0.2, -0.15) is 4.31 Å². The van der Waals surface area contributed by atoms with Crippen LogP contribution >= 0.6 is 0 Å². The number of carbonyl (C=O) groups is 1. The number of aromatic nitrogens is 1. The third-order valence-electron chi connectivity index (χ3n) is 6.94. The molecule has 0 fully saturated rings. The Hall–Kier alpha value is -3.88. The number of aryl methyl sites for hydroxylation is 1. The van der Waals surface area contributed by atoms with Gasteiger partial charge < -0.3 is 15.5 Å². The van der Waals surface area contributed by atoms with E-state index in [0.29, 0.717) is 25.1 Å². The van der Waals surface area contributed by atoms with Crippen LogP contribution in [0.3, 0.4) is 0 Å². The quantitative estimate of drug-likeness (QED) is 0.198.